The second kappa shape index (κ2) is 7.33. The van der Waals surface area contributed by atoms with Crippen molar-refractivity contribution in [3.8, 4) is 5.75 Å². The van der Waals surface area contributed by atoms with Crippen molar-refractivity contribution in [3.63, 3.8) is 0 Å². The first kappa shape index (κ1) is 17.3. The van der Waals surface area contributed by atoms with Crippen molar-refractivity contribution in [3.05, 3.63) is 24.3 Å². The van der Waals surface area contributed by atoms with Crippen molar-refractivity contribution in [1.82, 2.24) is 4.31 Å². The fourth-order valence-corrected chi connectivity index (χ4v) is 3.87. The molecule has 1 aromatic rings. The Morgan fingerprint density at radius 2 is 1.70 bits per heavy atom. The minimum atomic E-state index is -3.49. The van der Waals surface area contributed by atoms with E-state index in [1.54, 1.807) is 31.4 Å². The molecule has 1 rings (SSSR count). The van der Waals surface area contributed by atoms with Gasteiger partial charge < -0.3 is 4.74 Å². The van der Waals surface area contributed by atoms with Crippen LogP contribution in [0, 0.1) is 5.92 Å². The molecule has 0 saturated heterocycles. The third-order valence-electron chi connectivity index (χ3n) is 2.73. The summed E-state index contributed by atoms with van der Waals surface area (Å²) in [4.78, 5) is 0.285. The molecule has 0 amide bonds. The molecular formula is C14H23NO3S2. The molecule has 0 aromatic heterocycles. The highest BCUT2D eigenvalue weighted by Gasteiger charge is 2.25. The van der Waals surface area contributed by atoms with Gasteiger partial charge in [0, 0.05) is 18.3 Å². The lowest BCUT2D eigenvalue weighted by Gasteiger charge is -2.25. The second-order valence-corrected chi connectivity index (χ2v) is 8.06. The molecule has 20 heavy (non-hydrogen) atoms. The van der Waals surface area contributed by atoms with Crippen molar-refractivity contribution < 1.29 is 13.2 Å². The molecule has 1 unspecified atom stereocenters. The van der Waals surface area contributed by atoms with E-state index >= 15 is 0 Å². The van der Waals surface area contributed by atoms with Crippen LogP contribution in [-0.2, 0) is 10.0 Å². The van der Waals surface area contributed by atoms with Gasteiger partial charge >= 0.3 is 0 Å². The topological polar surface area (TPSA) is 46.6 Å². The van der Waals surface area contributed by atoms with E-state index in [2.05, 4.69) is 12.6 Å². The third-order valence-corrected chi connectivity index (χ3v) is 4.74. The number of methoxy groups -OCH3 is 1. The molecule has 114 valence electrons. The summed E-state index contributed by atoms with van der Waals surface area (Å²) in [5.41, 5.74) is 0. The second-order valence-electron chi connectivity index (χ2n) is 5.24. The summed E-state index contributed by atoms with van der Waals surface area (Å²) in [6, 6.07) is 6.46. The molecule has 0 saturated carbocycles. The fraction of sp³-hybridized carbons (Fsp3) is 0.571. The highest BCUT2D eigenvalue weighted by Crippen LogP contribution is 2.21. The van der Waals surface area contributed by atoms with Crippen molar-refractivity contribution in [2.75, 3.05) is 20.2 Å². The zero-order chi connectivity index (χ0) is 15.3. The van der Waals surface area contributed by atoms with Crippen molar-refractivity contribution in [2.45, 2.75) is 30.9 Å². The molecule has 0 heterocycles. The van der Waals surface area contributed by atoms with E-state index < -0.39 is 10.0 Å². The maximum absolute atomic E-state index is 12.7. The van der Waals surface area contributed by atoms with Crippen LogP contribution in [0.1, 0.15) is 20.8 Å². The Balaban J connectivity index is 3.07. The first-order chi connectivity index (χ1) is 9.27. The van der Waals surface area contributed by atoms with Gasteiger partial charge in [-0.3, -0.25) is 0 Å². The van der Waals surface area contributed by atoms with E-state index in [0.29, 0.717) is 18.8 Å². The van der Waals surface area contributed by atoms with Gasteiger partial charge in [0.05, 0.1) is 12.0 Å². The number of hydrogen-bond acceptors (Lipinski definition) is 4. The van der Waals surface area contributed by atoms with Crippen LogP contribution in [0.4, 0.5) is 0 Å². The SMILES string of the molecule is COc1ccc(S(=O)(=O)N(CC(C)C)CC(C)S)cc1. The molecule has 6 heteroatoms. The summed E-state index contributed by atoms with van der Waals surface area (Å²) >= 11 is 4.31. The lowest BCUT2D eigenvalue weighted by molar-refractivity contribution is 0.370. The van der Waals surface area contributed by atoms with E-state index in [-0.39, 0.29) is 16.1 Å². The maximum atomic E-state index is 12.7. The summed E-state index contributed by atoms with van der Waals surface area (Å²) in [7, 11) is -1.93. The molecule has 0 aliphatic heterocycles. The van der Waals surface area contributed by atoms with Crippen LogP contribution in [0.25, 0.3) is 0 Å². The largest absolute Gasteiger partial charge is 0.497 e. The third kappa shape index (κ3) is 4.68. The molecule has 0 spiro atoms. The zero-order valence-electron chi connectivity index (χ0n) is 12.4. The van der Waals surface area contributed by atoms with Crippen molar-refractivity contribution >= 4 is 22.7 Å². The van der Waals surface area contributed by atoms with Gasteiger partial charge in [-0.2, -0.15) is 16.9 Å². The molecule has 0 radical (unpaired) electrons. The van der Waals surface area contributed by atoms with E-state index in [9.17, 15) is 8.42 Å². The number of nitrogens with zero attached hydrogens (tertiary/aromatic N) is 1. The highest BCUT2D eigenvalue weighted by atomic mass is 32.2. The molecule has 4 nitrogen and oxygen atoms in total. The average molecular weight is 317 g/mol. The minimum absolute atomic E-state index is 0.0122. The summed E-state index contributed by atoms with van der Waals surface area (Å²) in [5.74, 6) is 0.900. The number of sulfonamides is 1. The van der Waals surface area contributed by atoms with Crippen LogP contribution in [0.15, 0.2) is 29.2 Å². The Kier molecular flexibility index (Phi) is 6.36. The normalized spacial score (nSPS) is 13.8. The van der Waals surface area contributed by atoms with Gasteiger partial charge in [-0.25, -0.2) is 8.42 Å². The summed E-state index contributed by atoms with van der Waals surface area (Å²) in [6.07, 6.45) is 0. The van der Waals surface area contributed by atoms with Crippen molar-refractivity contribution in [2.24, 2.45) is 5.92 Å². The van der Waals surface area contributed by atoms with Gasteiger partial charge in [0.2, 0.25) is 10.0 Å². The van der Waals surface area contributed by atoms with E-state index in [0.717, 1.165) is 0 Å². The Morgan fingerprint density at radius 3 is 2.10 bits per heavy atom. The van der Waals surface area contributed by atoms with Crippen LogP contribution in [0.3, 0.4) is 0 Å². The molecule has 0 fully saturated rings. The quantitative estimate of drug-likeness (QED) is 0.787. The summed E-state index contributed by atoms with van der Waals surface area (Å²) < 4.78 is 31.9. The molecule has 0 bridgehead atoms. The van der Waals surface area contributed by atoms with Gasteiger partial charge in [-0.05, 0) is 30.2 Å². The molecule has 0 aliphatic carbocycles. The van der Waals surface area contributed by atoms with Gasteiger partial charge in [0.1, 0.15) is 5.75 Å². The predicted octanol–water partition coefficient (Wildman–Crippen LogP) is 2.66. The molecule has 0 aliphatic rings. The van der Waals surface area contributed by atoms with Crippen LogP contribution < -0.4 is 4.74 Å². The Bertz CT molecular complexity index is 500. The summed E-state index contributed by atoms with van der Waals surface area (Å²) in [6.45, 7) is 6.77. The maximum Gasteiger partial charge on any atom is 0.243 e. The van der Waals surface area contributed by atoms with Crippen LogP contribution >= 0.6 is 12.6 Å². The van der Waals surface area contributed by atoms with Gasteiger partial charge in [-0.15, -0.1) is 0 Å². The number of hydrogen-bond donors (Lipinski definition) is 1. The van der Waals surface area contributed by atoms with E-state index in [1.165, 1.54) is 4.31 Å². The van der Waals surface area contributed by atoms with Crippen LogP contribution in [0.2, 0.25) is 0 Å². The molecule has 1 aromatic carbocycles. The molecule has 0 N–H and O–H groups in total. The fourth-order valence-electron chi connectivity index (χ4n) is 1.87. The minimum Gasteiger partial charge on any atom is -0.497 e. The van der Waals surface area contributed by atoms with Gasteiger partial charge in [0.25, 0.3) is 0 Å². The number of benzene rings is 1. The Labute approximate surface area is 127 Å². The van der Waals surface area contributed by atoms with Crippen molar-refractivity contribution in [1.29, 1.82) is 0 Å². The Morgan fingerprint density at radius 1 is 1.15 bits per heavy atom. The monoisotopic (exact) mass is 317 g/mol. The number of thiol groups is 1. The smallest absolute Gasteiger partial charge is 0.243 e. The predicted molar refractivity (Wildman–Crippen MR) is 85.0 cm³/mol. The molecule has 1 atom stereocenters. The standard InChI is InChI=1S/C14H23NO3S2/c1-11(2)9-15(10-12(3)19)20(16,17)14-7-5-13(18-4)6-8-14/h5-8,11-12,19H,9-10H2,1-4H3. The van der Waals surface area contributed by atoms with E-state index in [1.807, 2.05) is 20.8 Å². The number of rotatable bonds is 7. The average Bonchev–Trinajstić information content (AvgIpc) is 2.37. The lowest BCUT2D eigenvalue weighted by atomic mass is 10.2. The first-order valence-electron chi connectivity index (χ1n) is 6.59. The Hall–Kier alpha value is -0.720. The first-order valence-corrected chi connectivity index (χ1v) is 8.55. The van der Waals surface area contributed by atoms with Crippen LogP contribution in [-0.4, -0.2) is 38.2 Å². The van der Waals surface area contributed by atoms with Gasteiger partial charge in [-0.1, -0.05) is 20.8 Å². The van der Waals surface area contributed by atoms with Crippen LogP contribution in [0.5, 0.6) is 5.75 Å². The van der Waals surface area contributed by atoms with E-state index in [4.69, 9.17) is 4.74 Å². The van der Waals surface area contributed by atoms with Gasteiger partial charge in [0.15, 0.2) is 0 Å². The molecular weight excluding hydrogens is 294 g/mol. The summed E-state index contributed by atoms with van der Waals surface area (Å²) in [5, 5.41) is -0.0122. The zero-order valence-corrected chi connectivity index (χ0v) is 14.1. The number of ether oxygens (including phenoxy) is 1. The lowest BCUT2D eigenvalue weighted by Crippen LogP contribution is -2.37. The highest BCUT2D eigenvalue weighted by molar-refractivity contribution is 7.89.